The summed E-state index contributed by atoms with van der Waals surface area (Å²) in [5.74, 6) is -0.649. The van der Waals surface area contributed by atoms with Gasteiger partial charge in [0.15, 0.2) is 0 Å². The molecule has 0 radical (unpaired) electrons. The van der Waals surface area contributed by atoms with Crippen molar-refractivity contribution in [2.75, 3.05) is 5.32 Å². The van der Waals surface area contributed by atoms with Crippen LogP contribution in [0.5, 0.6) is 0 Å². The molecule has 0 bridgehead atoms. The van der Waals surface area contributed by atoms with Gasteiger partial charge in [-0.25, -0.2) is 4.39 Å². The van der Waals surface area contributed by atoms with Gasteiger partial charge in [0, 0.05) is 10.7 Å². The number of benzene rings is 2. The summed E-state index contributed by atoms with van der Waals surface area (Å²) in [4.78, 5) is 11.8. The monoisotopic (exact) mass is 277 g/mol. The average Bonchev–Trinajstić information content (AvgIpc) is 2.37. The third-order valence-electron chi connectivity index (χ3n) is 2.76. The maximum Gasteiger partial charge on any atom is 0.228 e. The van der Waals surface area contributed by atoms with Gasteiger partial charge in [0.2, 0.25) is 5.91 Å². The van der Waals surface area contributed by atoms with Crippen LogP contribution in [-0.4, -0.2) is 5.91 Å². The largest absolute Gasteiger partial charge is 0.326 e. The van der Waals surface area contributed by atoms with Crippen LogP contribution in [-0.2, 0) is 11.2 Å². The maximum absolute atomic E-state index is 13.4. The van der Waals surface area contributed by atoms with Crippen molar-refractivity contribution >= 4 is 23.2 Å². The molecule has 0 aliphatic carbocycles. The average molecular weight is 278 g/mol. The van der Waals surface area contributed by atoms with Crippen LogP contribution in [0.1, 0.15) is 11.1 Å². The Morgan fingerprint density at radius 2 is 2.00 bits per heavy atom. The van der Waals surface area contributed by atoms with Crippen LogP contribution in [0.2, 0.25) is 5.02 Å². The molecule has 0 saturated heterocycles. The molecule has 0 aromatic heterocycles. The van der Waals surface area contributed by atoms with Crippen molar-refractivity contribution in [2.24, 2.45) is 0 Å². The van der Waals surface area contributed by atoms with Crippen LogP contribution >= 0.6 is 11.6 Å². The van der Waals surface area contributed by atoms with Gasteiger partial charge in [-0.3, -0.25) is 4.79 Å². The molecule has 2 nitrogen and oxygen atoms in total. The van der Waals surface area contributed by atoms with Gasteiger partial charge >= 0.3 is 0 Å². The van der Waals surface area contributed by atoms with Crippen molar-refractivity contribution < 1.29 is 9.18 Å². The normalized spacial score (nSPS) is 10.3. The van der Waals surface area contributed by atoms with Crippen molar-refractivity contribution in [1.82, 2.24) is 0 Å². The molecule has 0 atom stereocenters. The first-order chi connectivity index (χ1) is 9.06. The molecule has 4 heteroatoms. The van der Waals surface area contributed by atoms with E-state index in [1.807, 2.05) is 13.0 Å². The smallest absolute Gasteiger partial charge is 0.228 e. The number of hydrogen-bond donors (Lipinski definition) is 1. The Kier molecular flexibility index (Phi) is 4.17. The number of rotatable bonds is 3. The molecule has 0 fully saturated rings. The van der Waals surface area contributed by atoms with E-state index in [9.17, 15) is 9.18 Å². The van der Waals surface area contributed by atoms with E-state index < -0.39 is 0 Å². The molecule has 0 unspecified atom stereocenters. The molecule has 0 saturated carbocycles. The second-order valence-corrected chi connectivity index (χ2v) is 4.69. The minimum Gasteiger partial charge on any atom is -0.326 e. The van der Waals surface area contributed by atoms with E-state index in [0.717, 1.165) is 5.56 Å². The Balaban J connectivity index is 2.05. The molecule has 1 N–H and O–H groups in total. The summed E-state index contributed by atoms with van der Waals surface area (Å²) in [5.41, 5.74) is 1.92. The van der Waals surface area contributed by atoms with Gasteiger partial charge in [0.25, 0.3) is 0 Å². The predicted octanol–water partition coefficient (Wildman–Crippen LogP) is 3.97. The van der Waals surface area contributed by atoms with Gasteiger partial charge in [-0.15, -0.1) is 0 Å². The topological polar surface area (TPSA) is 29.1 Å². The van der Waals surface area contributed by atoms with E-state index in [4.69, 9.17) is 11.6 Å². The zero-order valence-corrected chi connectivity index (χ0v) is 11.2. The molecular weight excluding hydrogens is 265 g/mol. The van der Waals surface area contributed by atoms with Gasteiger partial charge in [-0.1, -0.05) is 35.9 Å². The molecule has 2 rings (SSSR count). The highest BCUT2D eigenvalue weighted by Crippen LogP contribution is 2.20. The van der Waals surface area contributed by atoms with Gasteiger partial charge in [-0.2, -0.15) is 0 Å². The molecule has 0 heterocycles. The number of aryl methyl sites for hydroxylation is 1. The van der Waals surface area contributed by atoms with E-state index in [2.05, 4.69) is 5.32 Å². The zero-order valence-electron chi connectivity index (χ0n) is 10.4. The van der Waals surface area contributed by atoms with E-state index in [0.29, 0.717) is 16.3 Å². The molecule has 1 amide bonds. The molecule has 0 aliphatic heterocycles. The zero-order chi connectivity index (χ0) is 13.8. The van der Waals surface area contributed by atoms with E-state index >= 15 is 0 Å². The fraction of sp³-hybridized carbons (Fsp3) is 0.133. The lowest BCUT2D eigenvalue weighted by Gasteiger charge is -2.07. The fourth-order valence-electron chi connectivity index (χ4n) is 1.69. The van der Waals surface area contributed by atoms with Crippen molar-refractivity contribution in [2.45, 2.75) is 13.3 Å². The summed E-state index contributed by atoms with van der Waals surface area (Å²) in [6.07, 6.45) is -0.00182. The molecule has 0 spiro atoms. The van der Waals surface area contributed by atoms with Gasteiger partial charge in [-0.05, 0) is 36.2 Å². The molecule has 0 aliphatic rings. The van der Waals surface area contributed by atoms with Crippen molar-refractivity contribution in [3.63, 3.8) is 0 Å². The van der Waals surface area contributed by atoms with Crippen molar-refractivity contribution in [3.05, 3.63) is 64.4 Å². The summed E-state index contributed by atoms with van der Waals surface area (Å²) in [7, 11) is 0. The van der Waals surface area contributed by atoms with Crippen LogP contribution < -0.4 is 5.32 Å². The number of amides is 1. The van der Waals surface area contributed by atoms with E-state index in [-0.39, 0.29) is 18.1 Å². The summed E-state index contributed by atoms with van der Waals surface area (Å²) in [6, 6.07) is 11.5. The number of anilines is 1. The van der Waals surface area contributed by atoms with Gasteiger partial charge in [0.05, 0.1) is 6.42 Å². The third-order valence-corrected chi connectivity index (χ3v) is 3.17. The second-order valence-electron chi connectivity index (χ2n) is 4.28. The molecule has 2 aromatic carbocycles. The van der Waals surface area contributed by atoms with Crippen LogP contribution in [0.3, 0.4) is 0 Å². The fourth-order valence-corrected chi connectivity index (χ4v) is 1.87. The van der Waals surface area contributed by atoms with Crippen LogP contribution in [0.15, 0.2) is 42.5 Å². The molecule has 19 heavy (non-hydrogen) atoms. The number of carbonyl (C=O) groups excluding carboxylic acids is 1. The first kappa shape index (κ1) is 13.6. The lowest BCUT2D eigenvalue weighted by atomic mass is 10.1. The lowest BCUT2D eigenvalue weighted by molar-refractivity contribution is -0.115. The molecular formula is C15H13ClFNO. The highest BCUT2D eigenvalue weighted by Gasteiger charge is 2.08. The third kappa shape index (κ3) is 3.55. The van der Waals surface area contributed by atoms with E-state index in [1.54, 1.807) is 30.3 Å². The summed E-state index contributed by atoms with van der Waals surface area (Å²) >= 11 is 5.97. The minimum absolute atomic E-state index is 0.00182. The number of nitrogens with one attached hydrogen (secondary N) is 1. The maximum atomic E-state index is 13.4. The SMILES string of the molecule is Cc1ccc(NC(=O)Cc2ccccc2F)cc1Cl. The quantitative estimate of drug-likeness (QED) is 0.904. The number of carbonyl (C=O) groups is 1. The molecule has 2 aromatic rings. The van der Waals surface area contributed by atoms with Gasteiger partial charge < -0.3 is 5.32 Å². The highest BCUT2D eigenvalue weighted by atomic mass is 35.5. The van der Waals surface area contributed by atoms with Crippen LogP contribution in [0.4, 0.5) is 10.1 Å². The van der Waals surface area contributed by atoms with Crippen molar-refractivity contribution in [1.29, 1.82) is 0 Å². The molecule has 98 valence electrons. The van der Waals surface area contributed by atoms with Crippen molar-refractivity contribution in [3.8, 4) is 0 Å². The van der Waals surface area contributed by atoms with Gasteiger partial charge in [0.1, 0.15) is 5.82 Å². The Hall–Kier alpha value is -1.87. The summed E-state index contributed by atoms with van der Waals surface area (Å²) in [6.45, 7) is 1.88. The second kappa shape index (κ2) is 5.85. The van der Waals surface area contributed by atoms with Crippen LogP contribution in [0, 0.1) is 12.7 Å². The summed E-state index contributed by atoms with van der Waals surface area (Å²) < 4.78 is 13.4. The van der Waals surface area contributed by atoms with Crippen LogP contribution in [0.25, 0.3) is 0 Å². The Bertz CT molecular complexity index is 613. The highest BCUT2D eigenvalue weighted by molar-refractivity contribution is 6.31. The first-order valence-electron chi connectivity index (χ1n) is 5.85. The standard InChI is InChI=1S/C15H13ClFNO/c1-10-6-7-12(9-13(10)16)18-15(19)8-11-4-2-3-5-14(11)17/h2-7,9H,8H2,1H3,(H,18,19). The minimum atomic E-state index is -0.375. The first-order valence-corrected chi connectivity index (χ1v) is 6.23. The Labute approximate surface area is 116 Å². The van der Waals surface area contributed by atoms with E-state index in [1.165, 1.54) is 6.07 Å². The number of halogens is 2. The Morgan fingerprint density at radius 3 is 2.68 bits per heavy atom. The Morgan fingerprint density at radius 1 is 1.26 bits per heavy atom. The lowest BCUT2D eigenvalue weighted by Crippen LogP contribution is -2.15. The summed E-state index contributed by atoms with van der Waals surface area (Å²) in [5, 5.41) is 3.28. The number of hydrogen-bond acceptors (Lipinski definition) is 1. The predicted molar refractivity (Wildman–Crippen MR) is 74.9 cm³/mol.